The Bertz CT molecular complexity index is 70.9. The van der Waals surface area contributed by atoms with Crippen LogP contribution in [0.1, 0.15) is 0 Å². The molecule has 1 aliphatic heterocycles. The number of hydrogen-bond acceptors (Lipinski definition) is 5. The van der Waals surface area contributed by atoms with Gasteiger partial charge in [0.2, 0.25) is 0 Å². The predicted molar refractivity (Wildman–Crippen MR) is 25.1 cm³/mol. The van der Waals surface area contributed by atoms with E-state index in [0.717, 1.165) is 0 Å². The number of hydrazine groups is 1. The summed E-state index contributed by atoms with van der Waals surface area (Å²) in [4.78, 5) is 4.30. The lowest BCUT2D eigenvalue weighted by Gasteiger charge is -2.18. The van der Waals surface area contributed by atoms with Gasteiger partial charge in [0.15, 0.2) is 0 Å². The van der Waals surface area contributed by atoms with Gasteiger partial charge in [-0.1, -0.05) is 0 Å². The van der Waals surface area contributed by atoms with Crippen molar-refractivity contribution in [2.24, 2.45) is 5.84 Å². The van der Waals surface area contributed by atoms with Crippen LogP contribution in [-0.4, -0.2) is 24.7 Å². The zero-order valence-corrected chi connectivity index (χ0v) is 4.24. The van der Waals surface area contributed by atoms with Crippen LogP contribution in [-0.2, 0) is 9.57 Å². The van der Waals surface area contributed by atoms with Gasteiger partial charge < -0.3 is 9.94 Å². The van der Waals surface area contributed by atoms with Crippen molar-refractivity contribution in [3.05, 3.63) is 5.21 Å². The van der Waals surface area contributed by atoms with Crippen LogP contribution in [0.3, 0.4) is 0 Å². The SMILES string of the molecule is NN([O-])OCC1CO1. The molecule has 1 heterocycles. The molecule has 48 valence electrons. The van der Waals surface area contributed by atoms with E-state index in [1.807, 2.05) is 0 Å². The van der Waals surface area contributed by atoms with Crippen molar-refractivity contribution in [2.75, 3.05) is 13.2 Å². The average molecular weight is 119 g/mol. The fourth-order valence-electron chi connectivity index (χ4n) is 0.321. The first-order valence-corrected chi connectivity index (χ1v) is 2.25. The second-order valence-corrected chi connectivity index (χ2v) is 1.54. The van der Waals surface area contributed by atoms with Crippen molar-refractivity contribution in [3.63, 3.8) is 0 Å². The molecule has 1 saturated heterocycles. The topological polar surface area (TPSA) is 74.1 Å². The highest BCUT2D eigenvalue weighted by Gasteiger charge is 2.22. The highest BCUT2D eigenvalue weighted by Crippen LogP contribution is 2.07. The normalized spacial score (nSPS) is 26.6. The van der Waals surface area contributed by atoms with Gasteiger partial charge in [0.05, 0.1) is 13.2 Å². The molecule has 1 rings (SSSR count). The quantitative estimate of drug-likeness (QED) is 0.292. The van der Waals surface area contributed by atoms with Crippen LogP contribution < -0.4 is 5.84 Å². The highest BCUT2D eigenvalue weighted by molar-refractivity contribution is 4.66. The van der Waals surface area contributed by atoms with Crippen molar-refractivity contribution < 1.29 is 9.57 Å². The minimum absolute atomic E-state index is 0.0678. The summed E-state index contributed by atoms with van der Waals surface area (Å²) in [6.07, 6.45) is 0.0926. The molecule has 5 heteroatoms. The minimum atomic E-state index is -0.0678. The third-order valence-electron chi connectivity index (χ3n) is 0.790. The van der Waals surface area contributed by atoms with Gasteiger partial charge in [-0.2, -0.15) is 5.34 Å². The summed E-state index contributed by atoms with van der Waals surface area (Å²) in [7, 11) is 0. The number of hydrogen-bond donors (Lipinski definition) is 1. The third kappa shape index (κ3) is 2.20. The highest BCUT2D eigenvalue weighted by atomic mass is 16.9. The molecule has 0 saturated carbocycles. The van der Waals surface area contributed by atoms with E-state index in [1.54, 1.807) is 0 Å². The first-order valence-electron chi connectivity index (χ1n) is 2.25. The molecule has 0 spiro atoms. The molecule has 1 unspecified atom stereocenters. The predicted octanol–water partition coefficient (Wildman–Crippen LogP) is -1.01. The van der Waals surface area contributed by atoms with E-state index < -0.39 is 0 Å². The second kappa shape index (κ2) is 2.38. The van der Waals surface area contributed by atoms with Crippen LogP contribution in [0.4, 0.5) is 0 Å². The zero-order valence-electron chi connectivity index (χ0n) is 4.24. The molecule has 0 aromatic carbocycles. The lowest BCUT2D eigenvalue weighted by atomic mass is 10.5. The van der Waals surface area contributed by atoms with E-state index in [9.17, 15) is 5.21 Å². The largest absolute Gasteiger partial charge is 0.748 e. The van der Waals surface area contributed by atoms with Gasteiger partial charge in [-0.15, -0.1) is 0 Å². The van der Waals surface area contributed by atoms with Crippen LogP contribution in [0.5, 0.6) is 0 Å². The van der Waals surface area contributed by atoms with Gasteiger partial charge in [-0.3, -0.25) is 10.7 Å². The van der Waals surface area contributed by atoms with Crippen molar-refractivity contribution in [3.8, 4) is 0 Å². The molecule has 1 aliphatic rings. The van der Waals surface area contributed by atoms with E-state index in [4.69, 9.17) is 4.74 Å². The lowest BCUT2D eigenvalue weighted by molar-refractivity contribution is -0.126. The van der Waals surface area contributed by atoms with Gasteiger partial charge in [0.25, 0.3) is 0 Å². The Morgan fingerprint density at radius 3 is 3.00 bits per heavy atom. The summed E-state index contributed by atoms with van der Waals surface area (Å²) in [5.41, 5.74) is 0. The summed E-state index contributed by atoms with van der Waals surface area (Å²) in [6, 6.07) is 0. The molecule has 0 aliphatic carbocycles. The van der Waals surface area contributed by atoms with E-state index in [0.29, 0.717) is 6.61 Å². The van der Waals surface area contributed by atoms with E-state index >= 15 is 0 Å². The summed E-state index contributed by atoms with van der Waals surface area (Å²) in [5, 5.41) is 9.72. The van der Waals surface area contributed by atoms with E-state index in [1.165, 1.54) is 0 Å². The number of nitrogens with two attached hydrogens (primary N) is 1. The first-order chi connectivity index (χ1) is 3.79. The maximum absolute atomic E-state index is 9.79. The number of ether oxygens (including phenoxy) is 1. The van der Waals surface area contributed by atoms with Crippen LogP contribution in [0.2, 0.25) is 0 Å². The molecule has 1 fully saturated rings. The Balaban J connectivity index is 1.87. The number of nitrogens with zero attached hydrogens (tertiary/aromatic N) is 1. The molecule has 2 N–H and O–H groups in total. The molecule has 5 nitrogen and oxygen atoms in total. The fraction of sp³-hybridized carbons (Fsp3) is 1.00. The second-order valence-electron chi connectivity index (χ2n) is 1.54. The van der Waals surface area contributed by atoms with Crippen molar-refractivity contribution in [2.45, 2.75) is 6.10 Å². The monoisotopic (exact) mass is 119 g/mol. The lowest BCUT2D eigenvalue weighted by Crippen LogP contribution is -2.26. The van der Waals surface area contributed by atoms with Crippen LogP contribution >= 0.6 is 0 Å². The zero-order chi connectivity index (χ0) is 5.98. The molecule has 0 aromatic heterocycles. The number of rotatable bonds is 3. The molecule has 0 aromatic rings. The maximum Gasteiger partial charge on any atom is 0.106 e. The fourth-order valence-corrected chi connectivity index (χ4v) is 0.321. The standard InChI is InChI=1S/C3H7N2O3/c4-5(6)8-2-3-1-7-3/h3H,1-2,4H2/q-1. The first kappa shape index (κ1) is 5.93. The van der Waals surface area contributed by atoms with E-state index in [2.05, 4.69) is 10.7 Å². The summed E-state index contributed by atoms with van der Waals surface area (Å²) in [6.45, 7) is 0.938. The van der Waals surface area contributed by atoms with Crippen LogP contribution in [0.15, 0.2) is 0 Å². The van der Waals surface area contributed by atoms with E-state index in [-0.39, 0.29) is 18.0 Å². The van der Waals surface area contributed by atoms with Gasteiger partial charge >= 0.3 is 0 Å². The Kier molecular flexibility index (Phi) is 1.77. The van der Waals surface area contributed by atoms with Gasteiger partial charge in [0.1, 0.15) is 6.10 Å². The van der Waals surface area contributed by atoms with Gasteiger partial charge in [-0.05, 0) is 0 Å². The average Bonchev–Trinajstić information content (AvgIpc) is 2.41. The Morgan fingerprint density at radius 1 is 2.00 bits per heavy atom. The molecule has 0 radical (unpaired) electrons. The summed E-state index contributed by atoms with van der Waals surface area (Å²) in [5.74, 6) is 4.57. The van der Waals surface area contributed by atoms with Gasteiger partial charge in [0, 0.05) is 0 Å². The molecular formula is C3H7N2O3-. The Hall–Kier alpha value is -0.200. The molecule has 0 bridgehead atoms. The third-order valence-corrected chi connectivity index (χ3v) is 0.790. The molecule has 0 amide bonds. The van der Waals surface area contributed by atoms with Crippen LogP contribution in [0, 0.1) is 5.21 Å². The minimum Gasteiger partial charge on any atom is -0.748 e. The molecule has 1 atom stereocenters. The maximum atomic E-state index is 9.79. The number of epoxide rings is 1. The Morgan fingerprint density at radius 2 is 2.62 bits per heavy atom. The Labute approximate surface area is 46.5 Å². The molecule has 8 heavy (non-hydrogen) atoms. The van der Waals surface area contributed by atoms with Crippen molar-refractivity contribution in [1.82, 2.24) is 5.34 Å². The van der Waals surface area contributed by atoms with Crippen LogP contribution in [0.25, 0.3) is 0 Å². The molecular weight excluding hydrogens is 112 g/mol. The summed E-state index contributed by atoms with van der Waals surface area (Å²) < 4.78 is 4.71. The van der Waals surface area contributed by atoms with Crippen molar-refractivity contribution in [1.29, 1.82) is 0 Å². The smallest absolute Gasteiger partial charge is 0.106 e. The van der Waals surface area contributed by atoms with Gasteiger partial charge in [-0.25, -0.2) is 0 Å². The van der Waals surface area contributed by atoms with Crippen molar-refractivity contribution >= 4 is 0 Å². The summed E-state index contributed by atoms with van der Waals surface area (Å²) >= 11 is 0.